The quantitative estimate of drug-likeness (QED) is 0.671. The maximum absolute atomic E-state index is 11.8. The maximum atomic E-state index is 11.8. The molecule has 0 aromatic heterocycles. The Hall–Kier alpha value is -0.570. The highest BCUT2D eigenvalue weighted by atomic mass is 16.1. The Bertz CT molecular complexity index is 212. The molecule has 17 heavy (non-hydrogen) atoms. The molecule has 1 unspecified atom stereocenters. The van der Waals surface area contributed by atoms with Crippen molar-refractivity contribution in [3.05, 3.63) is 0 Å². The minimum atomic E-state index is 0.234. The predicted octanol–water partition coefficient (Wildman–Crippen LogP) is 2.46. The van der Waals surface area contributed by atoms with Gasteiger partial charge in [0.15, 0.2) is 0 Å². The van der Waals surface area contributed by atoms with E-state index >= 15 is 0 Å². The van der Waals surface area contributed by atoms with Gasteiger partial charge in [-0.1, -0.05) is 26.2 Å². The molecule has 0 aromatic rings. The lowest BCUT2D eigenvalue weighted by molar-refractivity contribution is -0.122. The van der Waals surface area contributed by atoms with Crippen LogP contribution in [-0.2, 0) is 4.79 Å². The van der Waals surface area contributed by atoms with Gasteiger partial charge in [0, 0.05) is 12.5 Å². The SMILES string of the molecule is CCC(NC(=O)CCCNC)C1CCCCC1. The van der Waals surface area contributed by atoms with Crippen molar-refractivity contribution in [1.29, 1.82) is 0 Å². The van der Waals surface area contributed by atoms with Crippen LogP contribution in [0.4, 0.5) is 0 Å². The van der Waals surface area contributed by atoms with Crippen molar-refractivity contribution in [2.45, 2.75) is 64.3 Å². The zero-order valence-electron chi connectivity index (χ0n) is 11.4. The summed E-state index contributed by atoms with van der Waals surface area (Å²) in [5.74, 6) is 0.958. The van der Waals surface area contributed by atoms with Crippen LogP contribution in [0.25, 0.3) is 0 Å². The van der Waals surface area contributed by atoms with Crippen molar-refractivity contribution in [3.63, 3.8) is 0 Å². The molecule has 0 heterocycles. The minimum absolute atomic E-state index is 0.234. The van der Waals surface area contributed by atoms with Crippen LogP contribution in [0, 0.1) is 5.92 Å². The summed E-state index contributed by atoms with van der Waals surface area (Å²) in [7, 11) is 1.93. The van der Waals surface area contributed by atoms with Crippen LogP contribution in [0.1, 0.15) is 58.3 Å². The van der Waals surface area contributed by atoms with Gasteiger partial charge in [-0.3, -0.25) is 4.79 Å². The Morgan fingerprint density at radius 2 is 2.00 bits per heavy atom. The smallest absolute Gasteiger partial charge is 0.220 e. The second kappa shape index (κ2) is 8.51. The van der Waals surface area contributed by atoms with E-state index < -0.39 is 0 Å². The van der Waals surface area contributed by atoms with E-state index in [1.54, 1.807) is 0 Å². The Morgan fingerprint density at radius 3 is 2.59 bits per heavy atom. The third kappa shape index (κ3) is 5.53. The number of amides is 1. The van der Waals surface area contributed by atoms with Gasteiger partial charge in [-0.15, -0.1) is 0 Å². The first-order valence-corrected chi connectivity index (χ1v) is 7.22. The fourth-order valence-corrected chi connectivity index (χ4v) is 2.79. The van der Waals surface area contributed by atoms with Gasteiger partial charge in [0.2, 0.25) is 5.91 Å². The van der Waals surface area contributed by atoms with Gasteiger partial charge in [0.25, 0.3) is 0 Å². The van der Waals surface area contributed by atoms with Crippen molar-refractivity contribution >= 4 is 5.91 Å². The fraction of sp³-hybridized carbons (Fsp3) is 0.929. The van der Waals surface area contributed by atoms with Gasteiger partial charge in [0.05, 0.1) is 0 Å². The molecule has 1 fully saturated rings. The Labute approximate surface area is 106 Å². The standard InChI is InChI=1S/C14H28N2O/c1-3-13(12-8-5-4-6-9-12)16-14(17)10-7-11-15-2/h12-13,15H,3-11H2,1-2H3,(H,16,17). The number of carbonyl (C=O) groups is 1. The van der Waals surface area contributed by atoms with E-state index in [2.05, 4.69) is 17.6 Å². The predicted molar refractivity (Wildman–Crippen MR) is 72.0 cm³/mol. The summed E-state index contributed by atoms with van der Waals surface area (Å²) in [6.07, 6.45) is 9.33. The zero-order chi connectivity index (χ0) is 12.5. The van der Waals surface area contributed by atoms with E-state index in [1.165, 1.54) is 32.1 Å². The molecule has 0 bridgehead atoms. The summed E-state index contributed by atoms with van der Waals surface area (Å²) in [4.78, 5) is 11.8. The molecule has 3 heteroatoms. The van der Waals surface area contributed by atoms with Crippen molar-refractivity contribution in [1.82, 2.24) is 10.6 Å². The van der Waals surface area contributed by atoms with E-state index in [9.17, 15) is 4.79 Å². The average Bonchev–Trinajstić information content (AvgIpc) is 2.37. The van der Waals surface area contributed by atoms with E-state index in [1.807, 2.05) is 7.05 Å². The van der Waals surface area contributed by atoms with Crippen LogP contribution in [0.2, 0.25) is 0 Å². The van der Waals surface area contributed by atoms with Crippen molar-refractivity contribution in [2.75, 3.05) is 13.6 Å². The summed E-state index contributed by atoms with van der Waals surface area (Å²) in [5, 5.41) is 6.30. The van der Waals surface area contributed by atoms with Crippen LogP contribution in [-0.4, -0.2) is 25.5 Å². The molecular formula is C14H28N2O. The maximum Gasteiger partial charge on any atom is 0.220 e. The number of rotatable bonds is 7. The lowest BCUT2D eigenvalue weighted by Crippen LogP contribution is -2.40. The molecule has 3 nitrogen and oxygen atoms in total. The molecule has 1 aliphatic rings. The molecule has 0 radical (unpaired) electrons. The number of nitrogens with one attached hydrogen (secondary N) is 2. The van der Waals surface area contributed by atoms with Gasteiger partial charge < -0.3 is 10.6 Å². The third-order valence-corrected chi connectivity index (χ3v) is 3.84. The fourth-order valence-electron chi connectivity index (χ4n) is 2.79. The number of hydrogen-bond donors (Lipinski definition) is 2. The van der Waals surface area contributed by atoms with Crippen LogP contribution >= 0.6 is 0 Å². The molecule has 0 saturated heterocycles. The highest BCUT2D eigenvalue weighted by Gasteiger charge is 2.23. The molecule has 100 valence electrons. The van der Waals surface area contributed by atoms with E-state index in [4.69, 9.17) is 0 Å². The monoisotopic (exact) mass is 240 g/mol. The molecular weight excluding hydrogens is 212 g/mol. The minimum Gasteiger partial charge on any atom is -0.353 e. The molecule has 1 saturated carbocycles. The topological polar surface area (TPSA) is 41.1 Å². The van der Waals surface area contributed by atoms with Crippen LogP contribution in [0.15, 0.2) is 0 Å². The summed E-state index contributed by atoms with van der Waals surface area (Å²) >= 11 is 0. The molecule has 2 N–H and O–H groups in total. The molecule has 1 amide bonds. The first-order chi connectivity index (χ1) is 8.27. The second-order valence-corrected chi connectivity index (χ2v) is 5.19. The lowest BCUT2D eigenvalue weighted by atomic mass is 9.83. The summed E-state index contributed by atoms with van der Waals surface area (Å²) in [5.41, 5.74) is 0. The molecule has 1 atom stereocenters. The number of hydrogen-bond acceptors (Lipinski definition) is 2. The highest BCUT2D eigenvalue weighted by Crippen LogP contribution is 2.27. The van der Waals surface area contributed by atoms with E-state index in [-0.39, 0.29) is 5.91 Å². The summed E-state index contributed by atoms with van der Waals surface area (Å²) in [6, 6.07) is 0.414. The summed E-state index contributed by atoms with van der Waals surface area (Å²) in [6.45, 7) is 3.11. The van der Waals surface area contributed by atoms with E-state index in [0.29, 0.717) is 12.5 Å². The normalized spacial score (nSPS) is 18.9. The first kappa shape index (κ1) is 14.5. The largest absolute Gasteiger partial charge is 0.353 e. The Balaban J connectivity index is 2.27. The third-order valence-electron chi connectivity index (χ3n) is 3.84. The van der Waals surface area contributed by atoms with Gasteiger partial charge in [0.1, 0.15) is 0 Å². The Kier molecular flexibility index (Phi) is 7.25. The lowest BCUT2D eigenvalue weighted by Gasteiger charge is -2.30. The zero-order valence-corrected chi connectivity index (χ0v) is 11.4. The van der Waals surface area contributed by atoms with Gasteiger partial charge in [-0.05, 0) is 45.2 Å². The van der Waals surface area contributed by atoms with Gasteiger partial charge >= 0.3 is 0 Å². The van der Waals surface area contributed by atoms with Crippen molar-refractivity contribution in [2.24, 2.45) is 5.92 Å². The van der Waals surface area contributed by atoms with Crippen LogP contribution < -0.4 is 10.6 Å². The Morgan fingerprint density at radius 1 is 1.29 bits per heavy atom. The highest BCUT2D eigenvalue weighted by molar-refractivity contribution is 5.76. The molecule has 0 spiro atoms. The van der Waals surface area contributed by atoms with Crippen molar-refractivity contribution in [3.8, 4) is 0 Å². The van der Waals surface area contributed by atoms with Crippen molar-refractivity contribution < 1.29 is 4.79 Å². The van der Waals surface area contributed by atoms with Crippen LogP contribution in [0.5, 0.6) is 0 Å². The molecule has 0 aliphatic heterocycles. The molecule has 0 aromatic carbocycles. The number of carbonyl (C=O) groups excluding carboxylic acids is 1. The first-order valence-electron chi connectivity index (χ1n) is 7.22. The summed E-state index contributed by atoms with van der Waals surface area (Å²) < 4.78 is 0. The second-order valence-electron chi connectivity index (χ2n) is 5.19. The average molecular weight is 240 g/mol. The van der Waals surface area contributed by atoms with Crippen LogP contribution in [0.3, 0.4) is 0 Å². The van der Waals surface area contributed by atoms with Gasteiger partial charge in [-0.25, -0.2) is 0 Å². The van der Waals surface area contributed by atoms with E-state index in [0.717, 1.165) is 25.3 Å². The molecule has 1 rings (SSSR count). The van der Waals surface area contributed by atoms with Gasteiger partial charge in [-0.2, -0.15) is 0 Å². The molecule has 1 aliphatic carbocycles.